The minimum absolute atomic E-state index is 0.191. The van der Waals surface area contributed by atoms with Gasteiger partial charge in [0.15, 0.2) is 5.11 Å². The summed E-state index contributed by atoms with van der Waals surface area (Å²) in [5, 5.41) is 4.18. The fraction of sp³-hybridized carbons (Fsp3) is 0.368. The van der Waals surface area contributed by atoms with E-state index in [2.05, 4.69) is 67.4 Å². The summed E-state index contributed by atoms with van der Waals surface area (Å²) in [5.74, 6) is 0. The Balaban J connectivity index is 2.18. The van der Waals surface area contributed by atoms with Gasteiger partial charge in [-0.05, 0) is 55.4 Å². The van der Waals surface area contributed by atoms with Crippen LogP contribution in [0.3, 0.4) is 0 Å². The van der Waals surface area contributed by atoms with Gasteiger partial charge in [-0.3, -0.25) is 4.98 Å². The van der Waals surface area contributed by atoms with E-state index >= 15 is 0 Å². The van der Waals surface area contributed by atoms with E-state index in [0.29, 0.717) is 0 Å². The molecule has 0 amide bonds. The third kappa shape index (κ3) is 5.01. The highest BCUT2D eigenvalue weighted by Crippen LogP contribution is 2.21. The third-order valence-electron chi connectivity index (χ3n) is 4.16. The molecule has 0 fully saturated rings. The van der Waals surface area contributed by atoms with E-state index in [1.165, 1.54) is 16.0 Å². The van der Waals surface area contributed by atoms with Crippen LogP contribution in [0, 0.1) is 6.92 Å². The first-order chi connectivity index (χ1) is 11.5. The van der Waals surface area contributed by atoms with Crippen LogP contribution in [0.5, 0.6) is 0 Å². The normalized spacial score (nSPS) is 12.0. The minimum Gasteiger partial charge on any atom is -0.338 e. The minimum atomic E-state index is 0.191. The number of para-hydroxylation sites is 1. The molecule has 0 aliphatic carbocycles. The molecule has 2 rings (SSSR count). The van der Waals surface area contributed by atoms with Gasteiger partial charge in [-0.15, -0.1) is 0 Å². The molecule has 0 radical (unpaired) electrons. The van der Waals surface area contributed by atoms with Crippen molar-refractivity contribution in [2.75, 3.05) is 32.5 Å². The van der Waals surface area contributed by atoms with E-state index < -0.39 is 0 Å². The van der Waals surface area contributed by atoms with Crippen LogP contribution in [0.4, 0.5) is 5.69 Å². The summed E-state index contributed by atoms with van der Waals surface area (Å²) in [6.45, 7) is 6.19. The zero-order valence-electron chi connectivity index (χ0n) is 14.9. The molecule has 0 aliphatic rings. The second kappa shape index (κ2) is 8.76. The van der Waals surface area contributed by atoms with Gasteiger partial charge in [0.2, 0.25) is 0 Å². The molecule has 24 heavy (non-hydrogen) atoms. The molecule has 0 saturated heterocycles. The van der Waals surface area contributed by atoms with Gasteiger partial charge in [-0.1, -0.05) is 18.2 Å². The van der Waals surface area contributed by atoms with Crippen molar-refractivity contribution in [2.24, 2.45) is 0 Å². The largest absolute Gasteiger partial charge is 0.338 e. The molecule has 2 aromatic rings. The number of rotatable bonds is 6. The SMILES string of the molecule is Cc1ccccc1NC(=S)N(CC[NH+](C)C)C(C)c1ccncc1. The number of likely N-dealkylation sites (N-methyl/N-ethyl adjacent to an activating group) is 1. The molecule has 2 N–H and O–H groups in total. The lowest BCUT2D eigenvalue weighted by Crippen LogP contribution is -3.06. The van der Waals surface area contributed by atoms with Crippen molar-refractivity contribution in [3.8, 4) is 0 Å². The predicted octanol–water partition coefficient (Wildman–Crippen LogP) is 2.29. The number of quaternary nitrogens is 1. The monoisotopic (exact) mass is 343 g/mol. The average molecular weight is 344 g/mol. The maximum Gasteiger partial charge on any atom is 0.174 e. The fourth-order valence-corrected chi connectivity index (χ4v) is 2.90. The van der Waals surface area contributed by atoms with Gasteiger partial charge < -0.3 is 15.1 Å². The molecule has 0 aliphatic heterocycles. The topological polar surface area (TPSA) is 32.6 Å². The lowest BCUT2D eigenvalue weighted by molar-refractivity contribution is -0.857. The lowest BCUT2D eigenvalue weighted by atomic mass is 10.1. The van der Waals surface area contributed by atoms with Gasteiger partial charge in [-0.25, -0.2) is 0 Å². The number of anilines is 1. The molecule has 128 valence electrons. The van der Waals surface area contributed by atoms with Crippen LogP contribution < -0.4 is 10.2 Å². The quantitative estimate of drug-likeness (QED) is 0.789. The summed E-state index contributed by atoms with van der Waals surface area (Å²) < 4.78 is 0. The predicted molar refractivity (Wildman–Crippen MR) is 104 cm³/mol. The highest BCUT2D eigenvalue weighted by molar-refractivity contribution is 7.80. The number of hydrogen-bond donors (Lipinski definition) is 2. The first-order valence-electron chi connectivity index (χ1n) is 8.31. The van der Waals surface area contributed by atoms with Crippen LogP contribution in [0.1, 0.15) is 24.1 Å². The summed E-state index contributed by atoms with van der Waals surface area (Å²) in [4.78, 5) is 7.77. The third-order valence-corrected chi connectivity index (χ3v) is 4.49. The second-order valence-electron chi connectivity index (χ2n) is 6.35. The molecule has 0 spiro atoms. The Bertz CT molecular complexity index is 657. The van der Waals surface area contributed by atoms with Crippen LogP contribution >= 0.6 is 12.2 Å². The summed E-state index contributed by atoms with van der Waals surface area (Å²) >= 11 is 5.74. The first kappa shape index (κ1) is 18.4. The molecule has 0 saturated carbocycles. The summed E-state index contributed by atoms with van der Waals surface area (Å²) in [7, 11) is 4.32. The number of aryl methyl sites for hydroxylation is 1. The molecule has 1 aromatic heterocycles. The van der Waals surface area contributed by atoms with Crippen molar-refractivity contribution in [1.82, 2.24) is 9.88 Å². The van der Waals surface area contributed by atoms with Crippen molar-refractivity contribution in [3.05, 3.63) is 59.9 Å². The van der Waals surface area contributed by atoms with Gasteiger partial charge in [0.05, 0.1) is 33.2 Å². The molecule has 1 unspecified atom stereocenters. The zero-order chi connectivity index (χ0) is 17.5. The number of hydrogen-bond acceptors (Lipinski definition) is 2. The van der Waals surface area contributed by atoms with Crippen molar-refractivity contribution in [1.29, 1.82) is 0 Å². The number of nitrogens with one attached hydrogen (secondary N) is 2. The van der Waals surface area contributed by atoms with E-state index in [1.807, 2.05) is 24.5 Å². The van der Waals surface area contributed by atoms with E-state index in [0.717, 1.165) is 23.9 Å². The molecular formula is C19H27N4S+. The van der Waals surface area contributed by atoms with Crippen molar-refractivity contribution in [3.63, 3.8) is 0 Å². The zero-order valence-corrected chi connectivity index (χ0v) is 15.7. The van der Waals surface area contributed by atoms with Crippen LogP contribution in [0.25, 0.3) is 0 Å². The lowest BCUT2D eigenvalue weighted by Gasteiger charge is -2.32. The van der Waals surface area contributed by atoms with Gasteiger partial charge >= 0.3 is 0 Å². The molecular weight excluding hydrogens is 316 g/mol. The number of pyridine rings is 1. The average Bonchev–Trinajstić information content (AvgIpc) is 2.57. The van der Waals surface area contributed by atoms with E-state index in [4.69, 9.17) is 12.2 Å². The highest BCUT2D eigenvalue weighted by atomic mass is 32.1. The highest BCUT2D eigenvalue weighted by Gasteiger charge is 2.20. The van der Waals surface area contributed by atoms with E-state index in [1.54, 1.807) is 0 Å². The molecule has 5 heteroatoms. The van der Waals surface area contributed by atoms with E-state index in [-0.39, 0.29) is 6.04 Å². The maximum atomic E-state index is 5.74. The number of aromatic nitrogens is 1. The van der Waals surface area contributed by atoms with Crippen LogP contribution in [0.15, 0.2) is 48.8 Å². The van der Waals surface area contributed by atoms with Crippen molar-refractivity contribution >= 4 is 23.0 Å². The first-order valence-corrected chi connectivity index (χ1v) is 8.72. The Hall–Kier alpha value is -1.98. The maximum absolute atomic E-state index is 5.74. The van der Waals surface area contributed by atoms with Crippen LogP contribution in [-0.2, 0) is 0 Å². The number of nitrogens with zero attached hydrogens (tertiary/aromatic N) is 2. The standard InChI is InChI=1S/C19H26N4S/c1-15-7-5-6-8-18(15)21-19(24)23(14-13-22(3)4)16(2)17-9-11-20-12-10-17/h5-12,16H,13-14H2,1-4H3,(H,21,24)/p+1. The van der Waals surface area contributed by atoms with Gasteiger partial charge in [0.25, 0.3) is 0 Å². The number of thiocarbonyl (C=S) groups is 1. The fourth-order valence-electron chi connectivity index (χ4n) is 2.54. The van der Waals surface area contributed by atoms with Crippen molar-refractivity contribution in [2.45, 2.75) is 19.9 Å². The molecule has 0 bridgehead atoms. The molecule has 1 aromatic carbocycles. The second-order valence-corrected chi connectivity index (χ2v) is 6.74. The summed E-state index contributed by atoms with van der Waals surface area (Å²) in [6, 6.07) is 12.5. The molecule has 1 atom stereocenters. The number of benzene rings is 1. The van der Waals surface area contributed by atoms with Gasteiger partial charge in [-0.2, -0.15) is 0 Å². The van der Waals surface area contributed by atoms with Crippen LogP contribution in [-0.4, -0.2) is 42.2 Å². The molecule has 1 heterocycles. The van der Waals surface area contributed by atoms with Crippen LogP contribution in [0.2, 0.25) is 0 Å². The van der Waals surface area contributed by atoms with E-state index in [9.17, 15) is 0 Å². The van der Waals surface area contributed by atoms with Gasteiger partial charge in [0, 0.05) is 18.1 Å². The Labute approximate surface area is 150 Å². The Morgan fingerprint density at radius 3 is 2.50 bits per heavy atom. The van der Waals surface area contributed by atoms with Crippen molar-refractivity contribution < 1.29 is 4.90 Å². The summed E-state index contributed by atoms with van der Waals surface area (Å²) in [6.07, 6.45) is 3.66. The summed E-state index contributed by atoms with van der Waals surface area (Å²) in [5.41, 5.74) is 3.47. The molecule has 4 nitrogen and oxygen atoms in total. The Morgan fingerprint density at radius 1 is 1.21 bits per heavy atom. The van der Waals surface area contributed by atoms with Gasteiger partial charge in [0.1, 0.15) is 0 Å². The smallest absolute Gasteiger partial charge is 0.174 e. The Kier molecular flexibility index (Phi) is 6.70. The Morgan fingerprint density at radius 2 is 1.88 bits per heavy atom.